The fraction of sp³-hybridized carbons (Fsp3) is 0.364. The van der Waals surface area contributed by atoms with E-state index in [1.54, 1.807) is 7.05 Å². The summed E-state index contributed by atoms with van der Waals surface area (Å²) in [4.78, 5) is 64.3. The van der Waals surface area contributed by atoms with E-state index >= 15 is 4.39 Å². The van der Waals surface area contributed by atoms with Gasteiger partial charge in [-0.05, 0) is 97.0 Å². The average molecular weight is 710 g/mol. The smallest absolute Gasteiger partial charge is 0.329 e. The second-order valence-corrected chi connectivity index (χ2v) is 14.8. The van der Waals surface area contributed by atoms with Gasteiger partial charge in [0.25, 0.3) is 5.91 Å². The number of phenolic OH excluding ortho intramolecular Hbond substituents is 1. The molecular formula is C33H36FN7O8S. The number of likely N-dealkylation sites (tertiary alicyclic amines) is 1. The van der Waals surface area contributed by atoms with Crippen LogP contribution in [0.5, 0.6) is 5.75 Å². The quantitative estimate of drug-likeness (QED) is 0.162. The van der Waals surface area contributed by atoms with Crippen LogP contribution in [0.4, 0.5) is 15.8 Å². The van der Waals surface area contributed by atoms with E-state index in [0.717, 1.165) is 18.4 Å². The molecule has 1 aromatic heterocycles. The summed E-state index contributed by atoms with van der Waals surface area (Å²) < 4.78 is 41.4. The van der Waals surface area contributed by atoms with Gasteiger partial charge in [0.05, 0.1) is 17.6 Å². The van der Waals surface area contributed by atoms with Gasteiger partial charge in [0.2, 0.25) is 17.7 Å². The highest BCUT2D eigenvalue weighted by atomic mass is 32.3. The number of fused-ring (bicyclic) bond motifs is 2. The molecular weight excluding hydrogens is 673 g/mol. The standard InChI is InChI=1S/C33H36FN7O8S/c1-17-11-19(18-3-6-23-25(13-18)38(2)33(47)41(23)24-7-8-27(43)36-32(24)46)9-10-39(17)15-28(44)35-21-4-5-22-20(12-21)14-26(42)31(30(22)34)40-16-29(45)37-50(40,48)49/h3-6,12-14,17,19,24,42,48-49H,7-11,15-16H2,1-2H3,(H,35,44)(H,37,45)(H,36,43,46)/t17-,19?,24?/m1/s1. The minimum absolute atomic E-state index is 0.0480. The Hall–Kier alpha value is -4.97. The van der Waals surface area contributed by atoms with Crippen molar-refractivity contribution in [3.8, 4) is 5.75 Å². The molecule has 264 valence electrons. The lowest BCUT2D eigenvalue weighted by Crippen LogP contribution is -2.44. The Kier molecular flexibility index (Phi) is 8.32. The maximum atomic E-state index is 15.5. The number of halogens is 1. The molecule has 3 aliphatic rings. The third kappa shape index (κ3) is 5.85. The van der Waals surface area contributed by atoms with Crippen LogP contribution < -0.4 is 25.4 Å². The maximum absolute atomic E-state index is 15.5. The normalized spacial score (nSPS) is 23.3. The van der Waals surface area contributed by atoms with E-state index in [1.807, 2.05) is 29.8 Å². The number of imide groups is 1. The Morgan fingerprint density at radius 1 is 1.04 bits per heavy atom. The number of aromatic nitrogens is 2. The molecule has 17 heteroatoms. The van der Waals surface area contributed by atoms with Crippen LogP contribution in [0, 0.1) is 5.82 Å². The Morgan fingerprint density at radius 2 is 1.82 bits per heavy atom. The summed E-state index contributed by atoms with van der Waals surface area (Å²) in [6, 6.07) is 10.7. The largest absolute Gasteiger partial charge is 0.506 e. The Morgan fingerprint density at radius 3 is 2.52 bits per heavy atom. The van der Waals surface area contributed by atoms with Crippen molar-refractivity contribution in [2.24, 2.45) is 7.05 Å². The van der Waals surface area contributed by atoms with E-state index in [1.165, 1.54) is 33.4 Å². The number of piperidine rings is 2. The second kappa shape index (κ2) is 12.4. The van der Waals surface area contributed by atoms with Crippen LogP contribution in [-0.2, 0) is 26.2 Å². The third-order valence-electron chi connectivity index (χ3n) is 9.88. The predicted octanol–water partition coefficient (Wildman–Crippen LogP) is 3.04. The van der Waals surface area contributed by atoms with Crippen molar-refractivity contribution in [3.05, 3.63) is 64.3 Å². The number of amides is 4. The molecule has 0 bridgehead atoms. The first kappa shape index (κ1) is 33.5. The molecule has 3 aliphatic heterocycles. The minimum atomic E-state index is -3.85. The number of benzene rings is 3. The number of rotatable bonds is 6. The van der Waals surface area contributed by atoms with Crippen molar-refractivity contribution in [3.63, 3.8) is 0 Å². The summed E-state index contributed by atoms with van der Waals surface area (Å²) in [5.74, 6) is -3.20. The highest BCUT2D eigenvalue weighted by Gasteiger charge is 2.38. The fourth-order valence-electron chi connectivity index (χ4n) is 7.33. The van der Waals surface area contributed by atoms with Crippen LogP contribution in [0.2, 0.25) is 0 Å². The zero-order valence-corrected chi connectivity index (χ0v) is 28.0. The number of hydrogen-bond acceptors (Lipinski definition) is 10. The van der Waals surface area contributed by atoms with Gasteiger partial charge >= 0.3 is 5.69 Å². The van der Waals surface area contributed by atoms with Crippen LogP contribution in [0.1, 0.15) is 50.1 Å². The number of imidazole rings is 1. The van der Waals surface area contributed by atoms with E-state index in [9.17, 15) is 38.2 Å². The summed E-state index contributed by atoms with van der Waals surface area (Å²) in [6.45, 7) is 2.25. The molecule has 3 fully saturated rings. The molecule has 3 aromatic carbocycles. The maximum Gasteiger partial charge on any atom is 0.329 e. The highest BCUT2D eigenvalue weighted by molar-refractivity contribution is 8.24. The molecule has 2 unspecified atom stereocenters. The molecule has 4 aromatic rings. The Bertz CT molecular complexity index is 2170. The lowest BCUT2D eigenvalue weighted by atomic mass is 9.85. The number of carbonyl (C=O) groups excluding carboxylic acids is 4. The SMILES string of the molecule is C[C@@H]1CC(c2ccc3c(c2)n(C)c(=O)n3C2CCC(=O)NC2=O)CCN1CC(=O)Nc1ccc2c(F)c(N3CC(=O)NS3(O)O)c(O)cc2c1. The number of nitrogens with one attached hydrogen (secondary N) is 3. The number of aryl methyl sites for hydroxylation is 1. The van der Waals surface area contributed by atoms with Gasteiger partial charge < -0.3 is 10.4 Å². The molecule has 15 nitrogen and oxygen atoms in total. The molecule has 7 rings (SSSR count). The zero-order chi connectivity index (χ0) is 35.6. The van der Waals surface area contributed by atoms with Crippen LogP contribution in [0.3, 0.4) is 0 Å². The van der Waals surface area contributed by atoms with E-state index < -0.39 is 52.6 Å². The number of phenols is 1. The number of hydrogen-bond donors (Lipinski definition) is 6. The second-order valence-electron chi connectivity index (χ2n) is 13.1. The molecule has 4 amide bonds. The van der Waals surface area contributed by atoms with Crippen molar-refractivity contribution in [1.29, 1.82) is 0 Å². The van der Waals surface area contributed by atoms with E-state index in [2.05, 4.69) is 15.5 Å². The molecule has 6 N–H and O–H groups in total. The van der Waals surface area contributed by atoms with Crippen molar-refractivity contribution in [2.45, 2.75) is 50.6 Å². The van der Waals surface area contributed by atoms with Crippen LogP contribution in [-0.4, -0.2) is 77.6 Å². The Balaban J connectivity index is 1.01. The number of aromatic hydroxyl groups is 1. The molecule has 0 radical (unpaired) electrons. The van der Waals surface area contributed by atoms with Gasteiger partial charge in [0.15, 0.2) is 5.82 Å². The van der Waals surface area contributed by atoms with Gasteiger partial charge in [-0.1, -0.05) is 6.07 Å². The van der Waals surface area contributed by atoms with Crippen LogP contribution in [0.25, 0.3) is 21.8 Å². The summed E-state index contributed by atoms with van der Waals surface area (Å²) >= 11 is 0. The van der Waals surface area contributed by atoms with Crippen LogP contribution in [0.15, 0.2) is 47.3 Å². The monoisotopic (exact) mass is 709 g/mol. The van der Waals surface area contributed by atoms with Gasteiger partial charge in [-0.3, -0.25) is 47.6 Å². The first-order valence-electron chi connectivity index (χ1n) is 16.1. The zero-order valence-electron chi connectivity index (χ0n) is 27.2. The average Bonchev–Trinajstić information content (AvgIpc) is 3.46. The van der Waals surface area contributed by atoms with Crippen molar-refractivity contribution >= 4 is 67.8 Å². The number of carbonyl (C=O) groups is 4. The molecule has 0 aliphatic carbocycles. The molecule has 3 atom stereocenters. The molecule has 4 heterocycles. The van der Waals surface area contributed by atoms with Gasteiger partial charge in [0, 0.05) is 30.6 Å². The predicted molar refractivity (Wildman–Crippen MR) is 184 cm³/mol. The van der Waals surface area contributed by atoms with Crippen LogP contribution >= 0.6 is 11.0 Å². The van der Waals surface area contributed by atoms with Crippen molar-refractivity contribution in [2.75, 3.05) is 29.3 Å². The van der Waals surface area contributed by atoms with Gasteiger partial charge in [-0.2, -0.15) is 0 Å². The minimum Gasteiger partial charge on any atom is -0.506 e. The van der Waals surface area contributed by atoms with Gasteiger partial charge in [0.1, 0.15) is 24.0 Å². The molecule has 0 spiro atoms. The molecule has 50 heavy (non-hydrogen) atoms. The summed E-state index contributed by atoms with van der Waals surface area (Å²) in [7, 11) is -2.18. The molecule has 3 saturated heterocycles. The van der Waals surface area contributed by atoms with Gasteiger partial charge in [-0.25, -0.2) is 18.2 Å². The fourth-order valence-corrected chi connectivity index (χ4v) is 8.53. The highest BCUT2D eigenvalue weighted by Crippen LogP contribution is 2.50. The topological polar surface area (TPSA) is 198 Å². The number of anilines is 2. The summed E-state index contributed by atoms with van der Waals surface area (Å²) in [5.41, 5.74) is 1.92. The lowest BCUT2D eigenvalue weighted by molar-refractivity contribution is -0.135. The van der Waals surface area contributed by atoms with Crippen molar-refractivity contribution < 1.29 is 37.8 Å². The van der Waals surface area contributed by atoms with Crippen molar-refractivity contribution in [1.82, 2.24) is 24.1 Å². The lowest BCUT2D eigenvalue weighted by Gasteiger charge is -2.37. The number of nitrogens with zero attached hydrogens (tertiary/aromatic N) is 4. The van der Waals surface area contributed by atoms with E-state index in [4.69, 9.17) is 0 Å². The summed E-state index contributed by atoms with van der Waals surface area (Å²) in [5, 5.41) is 16.0. The van der Waals surface area contributed by atoms with Gasteiger partial charge in [-0.15, -0.1) is 0 Å². The summed E-state index contributed by atoms with van der Waals surface area (Å²) in [6.07, 6.45) is 1.96. The van der Waals surface area contributed by atoms with E-state index in [-0.39, 0.29) is 59.6 Å². The van der Waals surface area contributed by atoms with E-state index in [0.29, 0.717) is 27.6 Å². The third-order valence-corrected chi connectivity index (χ3v) is 11.3. The Labute approximate surface area is 286 Å². The first-order chi connectivity index (χ1) is 23.7. The first-order valence-corrected chi connectivity index (χ1v) is 17.6. The molecule has 0 saturated carbocycles.